The van der Waals surface area contributed by atoms with E-state index in [0.29, 0.717) is 29.0 Å². The fraction of sp³-hybridized carbons (Fsp3) is 0.400. The minimum Gasteiger partial charge on any atom is -0.497 e. The van der Waals surface area contributed by atoms with E-state index in [2.05, 4.69) is 9.88 Å². The smallest absolute Gasteiger partial charge is 0.328 e. The van der Waals surface area contributed by atoms with Crippen molar-refractivity contribution in [2.75, 3.05) is 26.7 Å². The number of hydrogen-bond acceptors (Lipinski definition) is 6. The monoisotopic (exact) mass is 401 g/mol. The van der Waals surface area contributed by atoms with Gasteiger partial charge in [0.25, 0.3) is 5.56 Å². The van der Waals surface area contributed by atoms with Gasteiger partial charge in [0.15, 0.2) is 0 Å². The average molecular weight is 401 g/mol. The third-order valence-electron chi connectivity index (χ3n) is 5.34. The van der Waals surface area contributed by atoms with Gasteiger partial charge in [-0.05, 0) is 44.0 Å². The van der Waals surface area contributed by atoms with Crippen LogP contribution in [0.15, 0.2) is 41.5 Å². The van der Waals surface area contributed by atoms with Gasteiger partial charge < -0.3 is 19.8 Å². The van der Waals surface area contributed by atoms with Crippen LogP contribution in [0.2, 0.25) is 0 Å². The molecular formula is C20H23N3O6. The number of rotatable bonds is 4. The summed E-state index contributed by atoms with van der Waals surface area (Å²) in [6.07, 6.45) is 5.22. The van der Waals surface area contributed by atoms with E-state index in [-0.39, 0.29) is 11.6 Å². The standard InChI is InChI=1S/C16H19N3O2.C4H4O4/c1-21-12-2-3-13-14(8-12)17-10-19(16(13)20)15-9-18-6-4-11(15)5-7-18;5-3(6)1-2-4(7)8/h2-3,8,10-11,15H,4-7,9H2,1H3;1-2H,(H,5,6)(H,7,8)/b;2-1+. The van der Waals surface area contributed by atoms with Crippen molar-refractivity contribution in [1.29, 1.82) is 0 Å². The fourth-order valence-corrected chi connectivity index (χ4v) is 3.87. The molecule has 0 radical (unpaired) electrons. The minimum absolute atomic E-state index is 0.0707. The van der Waals surface area contributed by atoms with Crippen LogP contribution in [0.25, 0.3) is 10.9 Å². The second-order valence-electron chi connectivity index (χ2n) is 7.06. The highest BCUT2D eigenvalue weighted by Crippen LogP contribution is 2.34. The van der Waals surface area contributed by atoms with Crippen LogP contribution in [-0.4, -0.2) is 63.3 Å². The van der Waals surface area contributed by atoms with Gasteiger partial charge in [0.05, 0.1) is 30.4 Å². The van der Waals surface area contributed by atoms with Crippen molar-refractivity contribution in [1.82, 2.24) is 14.5 Å². The lowest BCUT2D eigenvalue weighted by Crippen LogP contribution is -2.50. The lowest BCUT2D eigenvalue weighted by molar-refractivity contribution is -0.134. The molecule has 2 bridgehead atoms. The number of piperidine rings is 3. The van der Waals surface area contributed by atoms with E-state index in [1.54, 1.807) is 13.4 Å². The van der Waals surface area contributed by atoms with Crippen molar-refractivity contribution in [3.05, 3.63) is 47.0 Å². The number of methoxy groups -OCH3 is 1. The summed E-state index contributed by atoms with van der Waals surface area (Å²) in [5.74, 6) is -1.17. The Morgan fingerprint density at radius 2 is 1.83 bits per heavy atom. The summed E-state index contributed by atoms with van der Waals surface area (Å²) in [4.78, 5) is 38.8. The molecule has 2 N–H and O–H groups in total. The first-order valence-electron chi connectivity index (χ1n) is 9.30. The molecule has 0 spiro atoms. The van der Waals surface area contributed by atoms with Gasteiger partial charge in [-0.1, -0.05) is 0 Å². The zero-order valence-corrected chi connectivity index (χ0v) is 16.0. The molecule has 0 aliphatic carbocycles. The zero-order valence-electron chi connectivity index (χ0n) is 16.0. The number of carboxylic acid groups (broad SMARTS) is 2. The van der Waals surface area contributed by atoms with E-state index < -0.39 is 11.9 Å². The summed E-state index contributed by atoms with van der Waals surface area (Å²) in [6, 6.07) is 5.74. The van der Waals surface area contributed by atoms with Crippen LogP contribution in [0.3, 0.4) is 0 Å². The van der Waals surface area contributed by atoms with E-state index in [9.17, 15) is 14.4 Å². The summed E-state index contributed by atoms with van der Waals surface area (Å²) >= 11 is 0. The minimum atomic E-state index is -1.26. The fourth-order valence-electron chi connectivity index (χ4n) is 3.87. The summed E-state index contributed by atoms with van der Waals surface area (Å²) in [5, 5.41) is 16.3. The molecule has 3 saturated heterocycles. The highest BCUT2D eigenvalue weighted by molar-refractivity contribution is 5.89. The molecule has 9 nitrogen and oxygen atoms in total. The first kappa shape index (κ1) is 20.5. The predicted molar refractivity (Wildman–Crippen MR) is 105 cm³/mol. The van der Waals surface area contributed by atoms with Crippen molar-refractivity contribution in [2.24, 2.45) is 5.92 Å². The third kappa shape index (κ3) is 4.80. The predicted octanol–water partition coefficient (Wildman–Crippen LogP) is 1.38. The Hall–Kier alpha value is -3.20. The Labute approximate surface area is 166 Å². The Kier molecular flexibility index (Phi) is 6.28. The van der Waals surface area contributed by atoms with E-state index in [1.807, 2.05) is 22.8 Å². The lowest BCUT2D eigenvalue weighted by atomic mass is 9.84. The summed E-state index contributed by atoms with van der Waals surface area (Å²) < 4.78 is 7.05. The number of ether oxygens (including phenoxy) is 1. The van der Waals surface area contributed by atoms with E-state index in [4.69, 9.17) is 14.9 Å². The van der Waals surface area contributed by atoms with Gasteiger partial charge in [0, 0.05) is 24.8 Å². The van der Waals surface area contributed by atoms with Crippen molar-refractivity contribution >= 4 is 22.8 Å². The highest BCUT2D eigenvalue weighted by atomic mass is 16.5. The number of aromatic nitrogens is 2. The van der Waals surface area contributed by atoms with Crippen LogP contribution in [0, 0.1) is 5.92 Å². The van der Waals surface area contributed by atoms with Gasteiger partial charge in [-0.25, -0.2) is 14.6 Å². The topological polar surface area (TPSA) is 122 Å². The zero-order chi connectivity index (χ0) is 21.0. The van der Waals surface area contributed by atoms with Crippen LogP contribution in [-0.2, 0) is 9.59 Å². The van der Waals surface area contributed by atoms with Crippen molar-refractivity contribution in [3.63, 3.8) is 0 Å². The molecule has 1 unspecified atom stereocenters. The molecule has 154 valence electrons. The first-order valence-corrected chi connectivity index (χ1v) is 9.30. The van der Waals surface area contributed by atoms with Gasteiger partial charge >= 0.3 is 11.9 Å². The van der Waals surface area contributed by atoms with Gasteiger partial charge in [-0.15, -0.1) is 0 Å². The van der Waals surface area contributed by atoms with Crippen molar-refractivity contribution < 1.29 is 24.5 Å². The molecule has 0 saturated carbocycles. The van der Waals surface area contributed by atoms with E-state index >= 15 is 0 Å². The molecule has 3 aliphatic heterocycles. The normalized spacial score (nSPS) is 22.9. The van der Waals surface area contributed by atoms with Gasteiger partial charge in [-0.3, -0.25) is 9.36 Å². The van der Waals surface area contributed by atoms with E-state index in [0.717, 1.165) is 12.3 Å². The average Bonchev–Trinajstić information content (AvgIpc) is 2.73. The number of aliphatic carboxylic acids is 2. The molecule has 1 atom stereocenters. The van der Waals surface area contributed by atoms with Crippen LogP contribution in [0.5, 0.6) is 5.75 Å². The first-order chi connectivity index (χ1) is 13.9. The largest absolute Gasteiger partial charge is 0.497 e. The third-order valence-corrected chi connectivity index (χ3v) is 5.34. The van der Waals surface area contributed by atoms with Gasteiger partial charge in [0.2, 0.25) is 0 Å². The molecule has 9 heteroatoms. The SMILES string of the molecule is COc1ccc2c(=O)n(C3CN4CCC3CC4)cnc2c1.O=C(O)/C=C/C(=O)O. The van der Waals surface area contributed by atoms with Crippen molar-refractivity contribution in [3.8, 4) is 5.75 Å². The number of carboxylic acids is 2. The Balaban J connectivity index is 0.000000258. The highest BCUT2D eigenvalue weighted by Gasteiger charge is 2.35. The number of fused-ring (bicyclic) bond motifs is 4. The van der Waals surface area contributed by atoms with Crippen LogP contribution in [0.1, 0.15) is 18.9 Å². The quantitative estimate of drug-likeness (QED) is 0.737. The summed E-state index contributed by atoms with van der Waals surface area (Å²) in [7, 11) is 1.62. The molecule has 1 aromatic heterocycles. The molecule has 0 amide bonds. The Morgan fingerprint density at radius 3 is 2.34 bits per heavy atom. The van der Waals surface area contributed by atoms with Gasteiger partial charge in [0.1, 0.15) is 5.75 Å². The second kappa shape index (κ2) is 8.87. The molecule has 5 rings (SSSR count). The molecule has 2 aromatic rings. The summed E-state index contributed by atoms with van der Waals surface area (Å²) in [5.41, 5.74) is 0.776. The molecule has 1 aromatic carbocycles. The van der Waals surface area contributed by atoms with Crippen LogP contribution < -0.4 is 10.3 Å². The molecule has 3 aliphatic rings. The number of hydrogen-bond donors (Lipinski definition) is 2. The van der Waals surface area contributed by atoms with E-state index in [1.165, 1.54) is 25.9 Å². The maximum absolute atomic E-state index is 12.8. The Morgan fingerprint density at radius 1 is 1.17 bits per heavy atom. The number of carbonyl (C=O) groups is 2. The number of benzene rings is 1. The van der Waals surface area contributed by atoms with Gasteiger partial charge in [-0.2, -0.15) is 0 Å². The van der Waals surface area contributed by atoms with Crippen LogP contribution >= 0.6 is 0 Å². The lowest BCUT2D eigenvalue weighted by Gasteiger charge is -2.45. The van der Waals surface area contributed by atoms with Crippen LogP contribution in [0.4, 0.5) is 0 Å². The summed E-state index contributed by atoms with van der Waals surface area (Å²) in [6.45, 7) is 3.33. The Bertz CT molecular complexity index is 975. The number of nitrogens with zero attached hydrogens (tertiary/aromatic N) is 3. The molecule has 4 heterocycles. The maximum atomic E-state index is 12.8. The van der Waals surface area contributed by atoms with Crippen molar-refractivity contribution in [2.45, 2.75) is 18.9 Å². The maximum Gasteiger partial charge on any atom is 0.328 e. The molecule has 3 fully saturated rings. The molecule has 29 heavy (non-hydrogen) atoms. The molecular weight excluding hydrogens is 378 g/mol. The second-order valence-corrected chi connectivity index (χ2v) is 7.06.